The molecule has 5 aliphatic rings. The number of ether oxygens (including phenoxy) is 1. The van der Waals surface area contributed by atoms with Gasteiger partial charge in [0, 0.05) is 122 Å². The van der Waals surface area contributed by atoms with Gasteiger partial charge in [-0.25, -0.2) is 26.9 Å². The molecular weight excluding hydrogens is 1570 g/mol. The lowest BCUT2D eigenvalue weighted by molar-refractivity contribution is 0.0942. The predicted octanol–water partition coefficient (Wildman–Crippen LogP) is 16.5. The molecule has 5 fully saturated rings. The topological polar surface area (TPSA) is 350 Å². The molecule has 0 bridgehead atoms. The zero-order valence-corrected chi connectivity index (χ0v) is 65.5. The number of halogens is 5. The van der Waals surface area contributed by atoms with Crippen molar-refractivity contribution < 1.29 is 50.7 Å². The van der Waals surface area contributed by atoms with Crippen LogP contribution in [0.3, 0.4) is 0 Å². The van der Waals surface area contributed by atoms with Gasteiger partial charge in [-0.15, -0.1) is 0 Å². The molecule has 0 aliphatic heterocycles. The molecule has 0 unspecified atom stereocenters. The van der Waals surface area contributed by atoms with E-state index in [4.69, 9.17) is 4.74 Å². The zero-order chi connectivity index (χ0) is 83.5. The number of thiophene rings is 1. The molecule has 25 nitrogen and oxygen atoms in total. The van der Waals surface area contributed by atoms with Crippen molar-refractivity contribution in [2.45, 2.75) is 94.4 Å². The quantitative estimate of drug-likeness (QED) is 0.0299. The number of methoxy groups -OCH3 is 1. The number of amides is 5. The maximum atomic E-state index is 14.3. The number of aromatic amines is 5. The van der Waals surface area contributed by atoms with E-state index in [0.717, 1.165) is 86.6 Å². The second kappa shape index (κ2) is 36.4. The number of aromatic nitrogens is 14. The Morgan fingerprint density at radius 1 is 0.364 bits per heavy atom. The van der Waals surface area contributed by atoms with Crippen LogP contribution in [0.1, 0.15) is 173 Å². The summed E-state index contributed by atoms with van der Waals surface area (Å²) in [4.78, 5) is 77.4. The van der Waals surface area contributed by atoms with E-state index in [-0.39, 0.29) is 92.9 Å². The number of carbonyl (C=O) groups excluding carboxylic acids is 5. The summed E-state index contributed by atoms with van der Waals surface area (Å²) >= 11 is 1.61. The Morgan fingerprint density at radius 2 is 0.719 bits per heavy atom. The molecule has 10 heterocycles. The van der Waals surface area contributed by atoms with E-state index in [2.05, 4.69) is 97.5 Å². The molecule has 0 radical (unpaired) electrons. The molecular formula is C90H76F5N19O6S. The standard InChI is InChI=1S/C19H17FN4O2.3C18H15FN4O.C17H14FN3OS/c1-26-17-4-2-3-12(21-17)7-8-16-14-9-11(19(25)22-13-5-6-13)10-15(20)18(14)24-23-16;19-15-10-12(18(24)21-13-2-3-13)9-14-16(22-23-17(14)15)4-1-11-5-7-20-8-6-11;19-15-9-12(18(24)21-13-4-5-13)8-14-16(22-23-17(14)15)6-3-11-2-1-7-20-10-11;19-15-10-11(18(24)21-13-4-5-13)9-14-16(22-23-17(14)15)7-6-12-3-1-2-8-20-12;18-14-8-11(17(22)19-12-2-3-12)7-13-15(20-21-16(13)14)4-1-10-5-6-23-9-10/h2-4,7-10,13H,5-6H2,1H3,(H,22,25)(H,23,24);1,4-10,13H,2-3H2,(H,21,24)(H,22,23);2*1-3,6-10,13H,4-5H2,(H,21,24)(H,22,23);1,4-9,12H,2-3H2,(H,19,22)(H,20,21)/b8-7+;4-1+;6-3+;7-6+;4-1+. The van der Waals surface area contributed by atoms with Gasteiger partial charge in [0.15, 0.2) is 29.1 Å². The molecule has 0 atom stereocenters. The second-order valence-corrected chi connectivity index (χ2v) is 30.1. The minimum Gasteiger partial charge on any atom is -0.481 e. The Balaban J connectivity index is 0.000000112. The number of rotatable bonds is 21. The molecule has 10 aromatic heterocycles. The van der Waals surface area contributed by atoms with Crippen molar-refractivity contribution in [1.82, 2.24) is 97.5 Å². The van der Waals surface area contributed by atoms with Crippen LogP contribution in [0.4, 0.5) is 22.0 Å². The molecule has 0 saturated heterocycles. The monoisotopic (exact) mass is 1650 g/mol. The van der Waals surface area contributed by atoms with E-state index in [0.29, 0.717) is 89.2 Å². The summed E-state index contributed by atoms with van der Waals surface area (Å²) in [6.07, 6.45) is 36.6. The maximum Gasteiger partial charge on any atom is 0.251 e. The van der Waals surface area contributed by atoms with Gasteiger partial charge in [0.1, 0.15) is 27.6 Å². The number of H-pyrrole nitrogens is 5. The average molecular weight is 1650 g/mol. The number of hydrogen-bond acceptors (Lipinski definition) is 16. The number of nitrogens with zero attached hydrogens (tertiary/aromatic N) is 9. The lowest BCUT2D eigenvalue weighted by atomic mass is 10.1. The highest BCUT2D eigenvalue weighted by Crippen LogP contribution is 2.32. The van der Waals surface area contributed by atoms with E-state index in [9.17, 15) is 45.9 Å². The molecule has 10 N–H and O–H groups in total. The summed E-state index contributed by atoms with van der Waals surface area (Å²) in [5.74, 6) is -3.29. The van der Waals surface area contributed by atoms with E-state index in [1.54, 1.807) is 110 Å². The van der Waals surface area contributed by atoms with E-state index in [1.807, 2.05) is 108 Å². The minimum atomic E-state index is -0.529. The first-order valence-corrected chi connectivity index (χ1v) is 40.0. The fraction of sp³-hybridized carbons (Fsp3) is 0.178. The molecule has 608 valence electrons. The van der Waals surface area contributed by atoms with Crippen molar-refractivity contribution >= 4 is 156 Å². The van der Waals surface area contributed by atoms with Gasteiger partial charge in [-0.05, 0) is 237 Å². The van der Waals surface area contributed by atoms with Crippen LogP contribution in [-0.4, -0.2) is 138 Å². The third-order valence-corrected chi connectivity index (χ3v) is 20.5. The van der Waals surface area contributed by atoms with Gasteiger partial charge < -0.3 is 31.3 Å². The van der Waals surface area contributed by atoms with Crippen molar-refractivity contribution in [3.8, 4) is 5.88 Å². The molecule has 0 spiro atoms. The van der Waals surface area contributed by atoms with Gasteiger partial charge >= 0.3 is 0 Å². The van der Waals surface area contributed by atoms with Crippen LogP contribution in [-0.2, 0) is 0 Å². The third kappa shape index (κ3) is 20.6. The van der Waals surface area contributed by atoms with Gasteiger partial charge in [0.25, 0.3) is 29.5 Å². The summed E-state index contributed by atoms with van der Waals surface area (Å²) in [7, 11) is 1.55. The van der Waals surface area contributed by atoms with E-state index < -0.39 is 29.1 Å². The molecule has 5 amide bonds. The van der Waals surface area contributed by atoms with Crippen LogP contribution < -0.4 is 31.3 Å². The number of benzene rings is 5. The summed E-state index contributed by atoms with van der Waals surface area (Å²) in [6, 6.07) is 36.1. The Kier molecular flexibility index (Phi) is 24.1. The third-order valence-electron chi connectivity index (χ3n) is 19.8. The fourth-order valence-corrected chi connectivity index (χ4v) is 13.2. The first-order chi connectivity index (χ1) is 58.9. The molecule has 121 heavy (non-hydrogen) atoms. The number of carbonyl (C=O) groups is 5. The van der Waals surface area contributed by atoms with Gasteiger partial charge in [-0.1, -0.05) is 36.4 Å². The van der Waals surface area contributed by atoms with Crippen LogP contribution in [0.2, 0.25) is 0 Å². The van der Waals surface area contributed by atoms with Crippen LogP contribution in [0.15, 0.2) is 169 Å². The number of nitrogens with one attached hydrogen (secondary N) is 10. The largest absolute Gasteiger partial charge is 0.481 e. The lowest BCUT2D eigenvalue weighted by Crippen LogP contribution is -2.25. The smallest absolute Gasteiger partial charge is 0.251 e. The van der Waals surface area contributed by atoms with Gasteiger partial charge in [-0.2, -0.15) is 36.8 Å². The minimum absolute atomic E-state index is 0.200. The number of fused-ring (bicyclic) bond motifs is 5. The first-order valence-electron chi connectivity index (χ1n) is 39.0. The van der Waals surface area contributed by atoms with Crippen LogP contribution in [0.25, 0.3) is 115 Å². The van der Waals surface area contributed by atoms with Gasteiger partial charge in [-0.3, -0.25) is 64.4 Å². The molecule has 31 heteroatoms. The molecule has 5 saturated carbocycles. The molecule has 5 aliphatic carbocycles. The summed E-state index contributed by atoms with van der Waals surface area (Å²) in [5.41, 5.74) is 10.3. The maximum absolute atomic E-state index is 14.3. The van der Waals surface area contributed by atoms with E-state index >= 15 is 0 Å². The van der Waals surface area contributed by atoms with Crippen molar-refractivity contribution in [1.29, 1.82) is 0 Å². The Morgan fingerprint density at radius 3 is 1.05 bits per heavy atom. The Bertz CT molecular complexity index is 6130. The Labute approximate surface area is 690 Å². The van der Waals surface area contributed by atoms with E-state index in [1.165, 1.54) is 30.3 Å². The van der Waals surface area contributed by atoms with Gasteiger partial charge in [0.05, 0.1) is 47.0 Å². The highest BCUT2D eigenvalue weighted by atomic mass is 32.1. The lowest BCUT2D eigenvalue weighted by Gasteiger charge is -2.04. The van der Waals surface area contributed by atoms with Crippen molar-refractivity contribution in [3.05, 3.63) is 283 Å². The zero-order valence-electron chi connectivity index (χ0n) is 64.7. The van der Waals surface area contributed by atoms with Crippen LogP contribution in [0.5, 0.6) is 5.88 Å². The summed E-state index contributed by atoms with van der Waals surface area (Å²) < 4.78 is 76.3. The second-order valence-electron chi connectivity index (χ2n) is 29.3. The number of pyridine rings is 4. The summed E-state index contributed by atoms with van der Waals surface area (Å²) in [5, 5.41) is 55.4. The van der Waals surface area contributed by atoms with Crippen LogP contribution >= 0.6 is 11.3 Å². The van der Waals surface area contributed by atoms with Crippen molar-refractivity contribution in [2.75, 3.05) is 7.11 Å². The average Bonchev–Trinajstić information content (AvgIpc) is 1.66. The Hall–Kier alpha value is -14.8. The SMILES string of the molecule is COc1cccc(/C=C/c2[nH]nc3c(F)cc(C(=O)NC4CC4)cc23)n1.O=C(NC1CC1)c1cc(F)c2n[nH]c(/C=C/c3ccccn3)c2c1.O=C(NC1CC1)c1cc(F)c2n[nH]c(/C=C/c3cccnc3)c2c1.O=C(NC1CC1)c1cc(F)c2n[nH]c(/C=C/c3ccncc3)c2c1.O=C(NC1CC1)c1cc(F)c2n[nH]c(/C=C/c3ccsc3)c2c1. The van der Waals surface area contributed by atoms with Crippen LogP contribution in [0, 0.1) is 29.1 Å². The normalized spacial score (nSPS) is 14.4. The van der Waals surface area contributed by atoms with Crippen molar-refractivity contribution in [2.24, 2.45) is 0 Å². The molecule has 5 aromatic carbocycles. The van der Waals surface area contributed by atoms with Crippen molar-refractivity contribution in [3.63, 3.8) is 0 Å². The first kappa shape index (κ1) is 80.1. The van der Waals surface area contributed by atoms with Gasteiger partial charge in [0.2, 0.25) is 5.88 Å². The highest BCUT2D eigenvalue weighted by molar-refractivity contribution is 7.08. The number of hydrogen-bond donors (Lipinski definition) is 10. The predicted molar refractivity (Wildman–Crippen MR) is 455 cm³/mol. The fourth-order valence-electron chi connectivity index (χ4n) is 12.6. The highest BCUT2D eigenvalue weighted by Gasteiger charge is 2.30. The molecule has 20 rings (SSSR count). The summed E-state index contributed by atoms with van der Waals surface area (Å²) in [6.45, 7) is 0. The molecule has 15 aromatic rings.